The average molecular weight is 482 g/mol. The normalized spacial score (nSPS) is 15.0. The number of nitrogens with one attached hydrogen (secondary N) is 1. The number of carbonyl (C=O) groups is 3. The quantitative estimate of drug-likeness (QED) is 0.556. The summed E-state index contributed by atoms with van der Waals surface area (Å²) < 4.78 is 6.91. The van der Waals surface area contributed by atoms with E-state index >= 15 is 0 Å². The molecule has 3 N–H and O–H groups in total. The van der Waals surface area contributed by atoms with E-state index in [2.05, 4.69) is 24.3 Å². The molecule has 8 heteroatoms. The first kappa shape index (κ1) is 33.7. The number of nitrogens with zero attached hydrogens (tertiary/aromatic N) is 2. The fourth-order valence-corrected chi connectivity index (χ4v) is 2.99. The van der Waals surface area contributed by atoms with Crippen LogP contribution in [0.4, 0.5) is 0 Å². The summed E-state index contributed by atoms with van der Waals surface area (Å²) in [7, 11) is 4.54. The standard InChI is InChI=1S/C19H30N4O3.C3H6O.2C2H6/c1-15(24)21-18(19(20)25)14-16-4-6-17(7-5-16)26-13-10-22-8-11-23(2,3)12-9-22;1-3(2)4;2*1-2/h4-7,18H,8-14H2,1-3H3,(H2-,20,21,24,25);1-2H3;2*1-2H3/p+1/t18-;;;/m0.../s1. The maximum atomic E-state index is 11.4. The van der Waals surface area contributed by atoms with Crippen LogP contribution >= 0.6 is 0 Å². The minimum absolute atomic E-state index is 0.167. The van der Waals surface area contributed by atoms with Crippen molar-refractivity contribution in [2.75, 3.05) is 53.4 Å². The second kappa shape index (κ2) is 18.9. The molecule has 1 aromatic carbocycles. The Morgan fingerprint density at radius 2 is 1.47 bits per heavy atom. The second-order valence-electron chi connectivity index (χ2n) is 8.48. The monoisotopic (exact) mass is 481 g/mol. The molecule has 1 heterocycles. The zero-order chi connectivity index (χ0) is 26.7. The second-order valence-corrected chi connectivity index (χ2v) is 8.48. The van der Waals surface area contributed by atoms with E-state index in [9.17, 15) is 14.4 Å². The summed E-state index contributed by atoms with van der Waals surface area (Å²) in [6.07, 6.45) is 0.372. The van der Waals surface area contributed by atoms with E-state index in [0.717, 1.165) is 35.4 Å². The molecule has 0 bridgehead atoms. The van der Waals surface area contributed by atoms with Crippen LogP contribution in [-0.4, -0.2) is 86.4 Å². The van der Waals surface area contributed by atoms with Crippen molar-refractivity contribution in [2.45, 2.75) is 60.9 Å². The van der Waals surface area contributed by atoms with Gasteiger partial charge in [0.2, 0.25) is 11.8 Å². The number of primary amides is 1. The van der Waals surface area contributed by atoms with Crippen LogP contribution in [0.15, 0.2) is 24.3 Å². The van der Waals surface area contributed by atoms with Crippen molar-refractivity contribution >= 4 is 17.6 Å². The molecule has 1 aliphatic heterocycles. The number of amides is 2. The van der Waals surface area contributed by atoms with Crippen LogP contribution in [0.25, 0.3) is 0 Å². The van der Waals surface area contributed by atoms with Gasteiger partial charge in [-0.15, -0.1) is 0 Å². The molecule has 1 atom stereocenters. The molecule has 0 aromatic heterocycles. The van der Waals surface area contributed by atoms with Gasteiger partial charge in [-0.2, -0.15) is 0 Å². The van der Waals surface area contributed by atoms with Gasteiger partial charge >= 0.3 is 0 Å². The zero-order valence-corrected chi connectivity index (χ0v) is 22.9. The van der Waals surface area contributed by atoms with E-state index in [0.29, 0.717) is 13.0 Å². The highest BCUT2D eigenvalue weighted by molar-refractivity contribution is 5.85. The largest absolute Gasteiger partial charge is 0.492 e. The number of ketones is 1. The number of carbonyl (C=O) groups excluding carboxylic acids is 3. The lowest BCUT2D eigenvalue weighted by molar-refractivity contribution is -0.894. The summed E-state index contributed by atoms with van der Waals surface area (Å²) in [6.45, 7) is 18.6. The smallest absolute Gasteiger partial charge is 0.240 e. The number of nitrogens with two attached hydrogens (primary N) is 1. The predicted octanol–water partition coefficient (Wildman–Crippen LogP) is 2.64. The Morgan fingerprint density at radius 1 is 1.00 bits per heavy atom. The van der Waals surface area contributed by atoms with Crippen LogP contribution in [0.3, 0.4) is 0 Å². The SMILES string of the molecule is CC.CC.CC(=O)N[C@@H](Cc1ccc(OCCN2CC[N+](C)(C)CC2)cc1)C(N)=O.CC(C)=O. The van der Waals surface area contributed by atoms with Crippen molar-refractivity contribution < 1.29 is 23.6 Å². The number of hydrogen-bond acceptors (Lipinski definition) is 5. The minimum Gasteiger partial charge on any atom is -0.492 e. The van der Waals surface area contributed by atoms with Gasteiger partial charge in [-0.1, -0.05) is 39.8 Å². The Kier molecular flexibility index (Phi) is 18.8. The fourth-order valence-electron chi connectivity index (χ4n) is 2.99. The first-order chi connectivity index (χ1) is 16.0. The van der Waals surface area contributed by atoms with Crippen molar-refractivity contribution in [1.29, 1.82) is 0 Å². The lowest BCUT2D eigenvalue weighted by Crippen LogP contribution is -2.55. The molecule has 1 aliphatic rings. The van der Waals surface area contributed by atoms with Crippen molar-refractivity contribution in [3.63, 3.8) is 0 Å². The van der Waals surface area contributed by atoms with Gasteiger partial charge in [-0.25, -0.2) is 0 Å². The van der Waals surface area contributed by atoms with E-state index < -0.39 is 11.9 Å². The van der Waals surface area contributed by atoms with Gasteiger partial charge in [0.25, 0.3) is 0 Å². The van der Waals surface area contributed by atoms with Crippen LogP contribution in [0.2, 0.25) is 0 Å². The summed E-state index contributed by atoms with van der Waals surface area (Å²) in [5.74, 6) is 0.162. The summed E-state index contributed by atoms with van der Waals surface area (Å²) in [5, 5.41) is 2.57. The van der Waals surface area contributed by atoms with Crippen LogP contribution in [0.5, 0.6) is 5.75 Å². The van der Waals surface area contributed by atoms with Gasteiger partial charge in [-0.3, -0.25) is 14.5 Å². The number of hydrogen-bond donors (Lipinski definition) is 2. The molecule has 1 saturated heterocycles. The van der Waals surface area contributed by atoms with Gasteiger partial charge in [0, 0.05) is 33.0 Å². The lowest BCUT2D eigenvalue weighted by atomic mass is 10.1. The molecule has 1 aromatic rings. The maximum Gasteiger partial charge on any atom is 0.240 e. The molecule has 2 rings (SSSR count). The van der Waals surface area contributed by atoms with Crippen molar-refractivity contribution in [3.05, 3.63) is 29.8 Å². The molecule has 1 fully saturated rings. The summed E-state index contributed by atoms with van der Waals surface area (Å²) >= 11 is 0. The molecule has 0 radical (unpaired) electrons. The Balaban J connectivity index is 0. The molecule has 196 valence electrons. The van der Waals surface area contributed by atoms with E-state index in [4.69, 9.17) is 10.5 Å². The number of likely N-dealkylation sites (N-methyl/N-ethyl adjacent to an activating group) is 1. The van der Waals surface area contributed by atoms with Crippen LogP contribution in [-0.2, 0) is 20.8 Å². The third kappa shape index (κ3) is 17.1. The molecular weight excluding hydrogens is 432 g/mol. The minimum atomic E-state index is -0.693. The molecule has 34 heavy (non-hydrogen) atoms. The maximum absolute atomic E-state index is 11.4. The van der Waals surface area contributed by atoms with E-state index in [1.54, 1.807) is 0 Å². The molecule has 0 aliphatic carbocycles. The third-order valence-corrected chi connectivity index (χ3v) is 4.80. The molecule has 0 unspecified atom stereocenters. The molecule has 0 saturated carbocycles. The summed E-state index contributed by atoms with van der Waals surface area (Å²) in [4.78, 5) is 34.4. The number of quaternary nitrogens is 1. The Bertz CT molecular complexity index is 691. The van der Waals surface area contributed by atoms with Gasteiger partial charge in [-0.05, 0) is 31.5 Å². The van der Waals surface area contributed by atoms with Gasteiger partial charge in [0.1, 0.15) is 24.2 Å². The fraction of sp³-hybridized carbons (Fsp3) is 0.654. The average Bonchev–Trinajstić information content (AvgIpc) is 2.77. The van der Waals surface area contributed by atoms with Crippen molar-refractivity contribution in [3.8, 4) is 5.75 Å². The van der Waals surface area contributed by atoms with E-state index in [1.807, 2.05) is 52.0 Å². The number of ether oxygens (including phenoxy) is 1. The third-order valence-electron chi connectivity index (χ3n) is 4.80. The topological polar surface area (TPSA) is 102 Å². The summed E-state index contributed by atoms with van der Waals surface area (Å²) in [6, 6.07) is 6.87. The van der Waals surface area contributed by atoms with Crippen LogP contribution in [0, 0.1) is 0 Å². The number of rotatable bonds is 8. The van der Waals surface area contributed by atoms with Gasteiger partial charge in [0.15, 0.2) is 0 Å². The van der Waals surface area contributed by atoms with Crippen LogP contribution < -0.4 is 15.8 Å². The molecular formula is C26H49N4O4+. The molecule has 0 spiro atoms. The van der Waals surface area contributed by atoms with E-state index in [-0.39, 0.29) is 11.7 Å². The lowest BCUT2D eigenvalue weighted by Gasteiger charge is -2.38. The van der Waals surface area contributed by atoms with Crippen molar-refractivity contribution in [1.82, 2.24) is 10.2 Å². The van der Waals surface area contributed by atoms with Gasteiger partial charge < -0.3 is 25.1 Å². The highest BCUT2D eigenvalue weighted by Crippen LogP contribution is 2.14. The highest BCUT2D eigenvalue weighted by atomic mass is 16.5. The molecule has 8 nitrogen and oxygen atoms in total. The summed E-state index contributed by atoms with van der Waals surface area (Å²) in [5.41, 5.74) is 6.25. The number of benzene rings is 1. The van der Waals surface area contributed by atoms with Crippen molar-refractivity contribution in [2.24, 2.45) is 5.73 Å². The van der Waals surface area contributed by atoms with Crippen LogP contribution in [0.1, 0.15) is 54.0 Å². The van der Waals surface area contributed by atoms with E-state index in [1.165, 1.54) is 33.9 Å². The van der Waals surface area contributed by atoms with Gasteiger partial charge in [0.05, 0.1) is 27.2 Å². The molecule has 2 amide bonds. The Labute approximate surface area is 207 Å². The zero-order valence-electron chi connectivity index (χ0n) is 22.9. The Morgan fingerprint density at radius 3 is 1.88 bits per heavy atom. The predicted molar refractivity (Wildman–Crippen MR) is 140 cm³/mol. The number of piperazine rings is 1. The highest BCUT2D eigenvalue weighted by Gasteiger charge is 2.23. The number of Topliss-reactive ketones (excluding diaryl/α,β-unsaturated/α-hetero) is 1. The first-order valence-corrected chi connectivity index (χ1v) is 12.3. The Hall–Kier alpha value is -2.45. The first-order valence-electron chi connectivity index (χ1n) is 12.3.